The molecule has 2 heterocycles. The quantitative estimate of drug-likeness (QED) is 0.684. The Hall–Kier alpha value is -2.25. The lowest BCUT2D eigenvalue weighted by atomic mass is 10.1. The van der Waals surface area contributed by atoms with Crippen LogP contribution in [0.15, 0.2) is 58.6 Å². The first kappa shape index (κ1) is 16.2. The Morgan fingerprint density at radius 2 is 1.76 bits per heavy atom. The Kier molecular flexibility index (Phi) is 4.50. The second-order valence-electron chi connectivity index (χ2n) is 5.41. The number of fused-ring (bicyclic) bond motifs is 3. The van der Waals surface area contributed by atoms with Gasteiger partial charge in [-0.2, -0.15) is 4.98 Å². The van der Waals surface area contributed by atoms with Crippen LogP contribution in [0.4, 0.5) is 5.69 Å². The van der Waals surface area contributed by atoms with Crippen molar-refractivity contribution in [1.29, 1.82) is 0 Å². The minimum Gasteiger partial charge on any atom is -0.448 e. The molecule has 1 aromatic heterocycles. The molecule has 0 saturated carbocycles. The van der Waals surface area contributed by atoms with E-state index in [1.807, 2.05) is 30.5 Å². The highest BCUT2D eigenvalue weighted by Crippen LogP contribution is 2.39. The molecule has 3 aromatic rings. The van der Waals surface area contributed by atoms with Crippen molar-refractivity contribution in [2.75, 3.05) is 17.8 Å². The van der Waals surface area contributed by atoms with Gasteiger partial charge in [0.1, 0.15) is 0 Å². The number of para-hydroxylation sites is 1. The fraction of sp³-hybridized carbons (Fsp3) is 0.167. The van der Waals surface area contributed by atoms with Crippen LogP contribution in [0.1, 0.15) is 11.8 Å². The largest absolute Gasteiger partial charge is 0.448 e. The summed E-state index contributed by atoms with van der Waals surface area (Å²) >= 11 is 3.16. The molecule has 2 aromatic carbocycles. The van der Waals surface area contributed by atoms with E-state index in [0.717, 1.165) is 16.8 Å². The van der Waals surface area contributed by atoms with Gasteiger partial charge in [0.15, 0.2) is 11.9 Å². The molecule has 1 atom stereocenters. The van der Waals surface area contributed by atoms with Gasteiger partial charge in [-0.15, -0.1) is 22.0 Å². The van der Waals surface area contributed by atoms with Crippen LogP contribution in [0.3, 0.4) is 0 Å². The summed E-state index contributed by atoms with van der Waals surface area (Å²) in [4.78, 5) is 5.74. The number of anilines is 1. The van der Waals surface area contributed by atoms with E-state index in [4.69, 9.17) is 4.74 Å². The molecule has 0 unspecified atom stereocenters. The first-order valence-corrected chi connectivity index (χ1v) is 10.2. The van der Waals surface area contributed by atoms with E-state index in [1.54, 1.807) is 11.8 Å². The lowest BCUT2D eigenvalue weighted by Gasteiger charge is -2.19. The minimum absolute atomic E-state index is 0.343. The summed E-state index contributed by atoms with van der Waals surface area (Å²) in [5.41, 5.74) is 3.58. The molecule has 0 radical (unpaired) electrons. The summed E-state index contributed by atoms with van der Waals surface area (Å²) in [5, 5.41) is 12.6. The second kappa shape index (κ2) is 6.93. The summed E-state index contributed by atoms with van der Waals surface area (Å²) in [7, 11) is 0. The van der Waals surface area contributed by atoms with Gasteiger partial charge in [-0.05, 0) is 30.7 Å². The summed E-state index contributed by atoms with van der Waals surface area (Å²) < 4.78 is 6.20. The van der Waals surface area contributed by atoms with Gasteiger partial charge < -0.3 is 10.1 Å². The van der Waals surface area contributed by atoms with Crippen molar-refractivity contribution >= 4 is 29.2 Å². The van der Waals surface area contributed by atoms with Crippen LogP contribution >= 0.6 is 23.5 Å². The zero-order chi connectivity index (χ0) is 17.2. The number of aromatic nitrogens is 3. The van der Waals surface area contributed by atoms with Crippen LogP contribution < -0.4 is 10.1 Å². The third kappa shape index (κ3) is 3.17. The number of rotatable bonds is 3. The number of hydrogen-bond acceptors (Lipinski definition) is 7. The lowest BCUT2D eigenvalue weighted by molar-refractivity contribution is 0.225. The molecule has 4 rings (SSSR count). The molecule has 1 N–H and O–H groups in total. The van der Waals surface area contributed by atoms with E-state index in [0.29, 0.717) is 16.7 Å². The molecule has 1 aliphatic rings. The van der Waals surface area contributed by atoms with E-state index in [1.165, 1.54) is 16.7 Å². The Labute approximate surface area is 154 Å². The molecule has 1 aliphatic heterocycles. The Balaban J connectivity index is 1.81. The monoisotopic (exact) mass is 368 g/mol. The first-order valence-electron chi connectivity index (χ1n) is 7.74. The number of benzene rings is 2. The summed E-state index contributed by atoms with van der Waals surface area (Å²) in [6, 6.07) is 16.3. The maximum atomic E-state index is 6.20. The van der Waals surface area contributed by atoms with Crippen LogP contribution in [0.5, 0.6) is 5.88 Å². The van der Waals surface area contributed by atoms with E-state index < -0.39 is 0 Å². The molecule has 0 bridgehead atoms. The predicted molar refractivity (Wildman–Crippen MR) is 102 cm³/mol. The van der Waals surface area contributed by atoms with Gasteiger partial charge in [0.05, 0.1) is 0 Å². The molecular weight excluding hydrogens is 352 g/mol. The predicted octanol–water partition coefficient (Wildman–Crippen LogP) is 4.49. The summed E-state index contributed by atoms with van der Waals surface area (Å²) in [5.74, 6) is 0.496. The molecule has 126 valence electrons. The fourth-order valence-electron chi connectivity index (χ4n) is 2.66. The van der Waals surface area contributed by atoms with Gasteiger partial charge in [-0.1, -0.05) is 42.1 Å². The van der Waals surface area contributed by atoms with Gasteiger partial charge in [-0.25, -0.2) is 0 Å². The first-order chi connectivity index (χ1) is 12.3. The van der Waals surface area contributed by atoms with Gasteiger partial charge in [0, 0.05) is 21.7 Å². The van der Waals surface area contributed by atoms with E-state index in [9.17, 15) is 0 Å². The van der Waals surface area contributed by atoms with Gasteiger partial charge >= 0.3 is 0 Å². The number of thioether (sulfide) groups is 2. The highest BCUT2D eigenvalue weighted by molar-refractivity contribution is 7.98. The van der Waals surface area contributed by atoms with Crippen LogP contribution in [0.2, 0.25) is 0 Å². The molecule has 7 heteroatoms. The molecule has 0 fully saturated rings. The number of nitrogens with zero attached hydrogens (tertiary/aromatic N) is 3. The van der Waals surface area contributed by atoms with Crippen molar-refractivity contribution in [3.05, 3.63) is 54.1 Å². The molecule has 25 heavy (non-hydrogen) atoms. The minimum atomic E-state index is -0.343. The van der Waals surface area contributed by atoms with Crippen LogP contribution in [-0.4, -0.2) is 27.7 Å². The molecule has 0 aliphatic carbocycles. The van der Waals surface area contributed by atoms with Crippen molar-refractivity contribution in [2.45, 2.75) is 16.3 Å². The summed E-state index contributed by atoms with van der Waals surface area (Å²) in [6.45, 7) is 0. The van der Waals surface area contributed by atoms with Crippen molar-refractivity contribution in [1.82, 2.24) is 15.2 Å². The zero-order valence-corrected chi connectivity index (χ0v) is 15.4. The van der Waals surface area contributed by atoms with E-state index in [-0.39, 0.29) is 6.23 Å². The molecule has 5 nitrogen and oxygen atoms in total. The summed E-state index contributed by atoms with van der Waals surface area (Å²) in [6.07, 6.45) is 3.64. The van der Waals surface area contributed by atoms with Crippen LogP contribution in [0.25, 0.3) is 11.3 Å². The van der Waals surface area contributed by atoms with Gasteiger partial charge in [0.25, 0.3) is 0 Å². The van der Waals surface area contributed by atoms with E-state index in [2.05, 4.69) is 51.0 Å². The topological polar surface area (TPSA) is 59.9 Å². The molecular formula is C18H16N4OS2. The van der Waals surface area contributed by atoms with Gasteiger partial charge in [-0.3, -0.25) is 0 Å². The van der Waals surface area contributed by atoms with Crippen molar-refractivity contribution in [3.8, 4) is 17.1 Å². The van der Waals surface area contributed by atoms with Crippen molar-refractivity contribution in [3.63, 3.8) is 0 Å². The van der Waals surface area contributed by atoms with Crippen LogP contribution in [0, 0.1) is 0 Å². The van der Waals surface area contributed by atoms with Crippen LogP contribution in [-0.2, 0) is 0 Å². The average Bonchev–Trinajstić information content (AvgIpc) is 2.84. The molecule has 0 spiro atoms. The standard InChI is InChI=1S/C18H16N4OS2/c1-24-12-9-7-11(8-10-12)16-19-14-6-4-3-5-13(14)15-17(23-16)20-18(25-2)22-21-15/h3-10,16,19H,1-2H3/t16-/m0/s1. The smallest absolute Gasteiger partial charge is 0.247 e. The highest BCUT2D eigenvalue weighted by atomic mass is 32.2. The maximum Gasteiger partial charge on any atom is 0.247 e. The highest BCUT2D eigenvalue weighted by Gasteiger charge is 2.25. The third-order valence-electron chi connectivity index (χ3n) is 3.93. The fourth-order valence-corrected chi connectivity index (χ4v) is 3.37. The van der Waals surface area contributed by atoms with E-state index >= 15 is 0 Å². The second-order valence-corrected chi connectivity index (χ2v) is 7.07. The Morgan fingerprint density at radius 3 is 2.52 bits per heavy atom. The van der Waals surface area contributed by atoms with Gasteiger partial charge in [0.2, 0.25) is 11.0 Å². The number of hydrogen-bond donors (Lipinski definition) is 1. The molecule has 0 amide bonds. The van der Waals surface area contributed by atoms with Crippen molar-refractivity contribution in [2.24, 2.45) is 0 Å². The zero-order valence-electron chi connectivity index (χ0n) is 13.8. The van der Waals surface area contributed by atoms with Crippen molar-refractivity contribution < 1.29 is 4.74 Å². The lowest BCUT2D eigenvalue weighted by Crippen LogP contribution is -2.17. The number of ether oxygens (including phenoxy) is 1. The Bertz CT molecular complexity index is 902. The average molecular weight is 368 g/mol. The SMILES string of the molecule is CSc1ccc([C@H]2Nc3ccccc3-c3nnc(SC)nc3O2)cc1. The third-order valence-corrected chi connectivity index (χ3v) is 5.22. The Morgan fingerprint density at radius 1 is 0.960 bits per heavy atom. The molecule has 0 saturated heterocycles. The number of nitrogens with one attached hydrogen (secondary N) is 1. The normalized spacial score (nSPS) is 15.4. The maximum absolute atomic E-state index is 6.20.